The van der Waals surface area contributed by atoms with Crippen LogP contribution in [0.2, 0.25) is 5.02 Å². The molecule has 1 aliphatic heterocycles. The molecule has 0 atom stereocenters. The largest absolute Gasteiger partial charge is 0.858 e. The zero-order valence-corrected chi connectivity index (χ0v) is 20.1. The van der Waals surface area contributed by atoms with Gasteiger partial charge in [0, 0.05) is 22.7 Å². The summed E-state index contributed by atoms with van der Waals surface area (Å²) in [6.45, 7) is 5.53. The second-order valence-corrected chi connectivity index (χ2v) is 8.84. The van der Waals surface area contributed by atoms with Gasteiger partial charge in [-0.2, -0.15) is 9.67 Å². The molecule has 5 rings (SSSR count). The van der Waals surface area contributed by atoms with Gasteiger partial charge in [0.2, 0.25) is 0 Å². The minimum Gasteiger partial charge on any atom is -0.858 e. The third kappa shape index (κ3) is 3.70. The van der Waals surface area contributed by atoms with Crippen LogP contribution in [0.3, 0.4) is 0 Å². The van der Waals surface area contributed by atoms with E-state index in [2.05, 4.69) is 5.10 Å². The predicted molar refractivity (Wildman–Crippen MR) is 131 cm³/mol. The Kier molecular flexibility index (Phi) is 5.49. The quantitative estimate of drug-likeness (QED) is 0.326. The van der Waals surface area contributed by atoms with E-state index in [1.165, 1.54) is 10.7 Å². The number of aromatic nitrogens is 3. The number of benzene rings is 2. The summed E-state index contributed by atoms with van der Waals surface area (Å²) in [5, 5.41) is 18.6. The van der Waals surface area contributed by atoms with Gasteiger partial charge in [-0.15, -0.1) is 0 Å². The van der Waals surface area contributed by atoms with Crippen LogP contribution in [-0.2, 0) is 9.59 Å². The zero-order chi connectivity index (χ0) is 24.9. The molecule has 2 amide bonds. The highest BCUT2D eigenvalue weighted by Gasteiger charge is 2.47. The third-order valence-corrected chi connectivity index (χ3v) is 6.18. The maximum atomic E-state index is 13.8. The van der Waals surface area contributed by atoms with Crippen molar-refractivity contribution in [1.29, 1.82) is 0 Å². The smallest absolute Gasteiger partial charge is 0.331 e. The molecule has 7 nitrogen and oxygen atoms in total. The first-order chi connectivity index (χ1) is 16.8. The van der Waals surface area contributed by atoms with Gasteiger partial charge in [0.05, 0.1) is 17.1 Å². The van der Waals surface area contributed by atoms with Gasteiger partial charge < -0.3 is 5.11 Å². The van der Waals surface area contributed by atoms with Crippen LogP contribution in [0.15, 0.2) is 73.1 Å². The van der Waals surface area contributed by atoms with Crippen LogP contribution in [0.25, 0.3) is 17.0 Å². The van der Waals surface area contributed by atoms with Gasteiger partial charge in [0.1, 0.15) is 5.57 Å². The molecule has 2 aromatic heterocycles. The van der Waals surface area contributed by atoms with E-state index in [-0.39, 0.29) is 16.8 Å². The number of amides is 2. The summed E-state index contributed by atoms with van der Waals surface area (Å²) in [6.07, 6.45) is 3.33. The average molecular weight is 485 g/mol. The molecule has 0 aliphatic carbocycles. The van der Waals surface area contributed by atoms with E-state index < -0.39 is 17.7 Å². The van der Waals surface area contributed by atoms with E-state index in [0.717, 1.165) is 16.0 Å². The molecular weight excluding hydrogens is 464 g/mol. The lowest BCUT2D eigenvalue weighted by atomic mass is 10.0. The Morgan fingerprint density at radius 3 is 2.34 bits per heavy atom. The maximum absolute atomic E-state index is 13.8. The van der Waals surface area contributed by atoms with E-state index in [9.17, 15) is 14.7 Å². The highest BCUT2D eigenvalue weighted by molar-refractivity contribution is 6.53. The number of pyridine rings is 1. The topological polar surface area (TPSA) is 82.1 Å². The van der Waals surface area contributed by atoms with Gasteiger partial charge in [-0.05, 0) is 56.5 Å². The molecule has 0 bridgehead atoms. The number of anilines is 1. The second kappa shape index (κ2) is 8.52. The molecule has 0 radical (unpaired) electrons. The van der Waals surface area contributed by atoms with Crippen molar-refractivity contribution in [1.82, 2.24) is 9.78 Å². The summed E-state index contributed by atoms with van der Waals surface area (Å²) in [5.41, 5.74) is 3.41. The van der Waals surface area contributed by atoms with Crippen molar-refractivity contribution in [3.8, 4) is 11.6 Å². The molecule has 0 unspecified atom stereocenters. The summed E-state index contributed by atoms with van der Waals surface area (Å²) >= 11 is 6.14. The number of nitrogens with zero attached hydrogens (tertiary/aromatic N) is 4. The number of aryl methyl sites for hydroxylation is 3. The lowest BCUT2D eigenvalue weighted by molar-refractivity contribution is -0.576. The summed E-state index contributed by atoms with van der Waals surface area (Å²) in [6, 6.07) is 17.5. The standard InChI is InChI=1S/C27H21ClN4O3/c1-16-10-11-21(17(2)14-16)32-26(34)22(18(3)29-32)23-24(30-12-5-4-6-13-30)27(35)31(25(23)33)20-9-7-8-19(28)15-20/h4-15H,1-3H3. The molecule has 0 saturated carbocycles. The van der Waals surface area contributed by atoms with Crippen molar-refractivity contribution in [2.24, 2.45) is 0 Å². The first kappa shape index (κ1) is 22.6. The molecule has 1 aliphatic rings. The van der Waals surface area contributed by atoms with Crippen molar-refractivity contribution in [2.45, 2.75) is 20.8 Å². The normalized spacial score (nSPS) is 13.8. The number of hydrogen-bond donors (Lipinski definition) is 0. The molecule has 2 aromatic carbocycles. The summed E-state index contributed by atoms with van der Waals surface area (Å²) in [4.78, 5) is 28.5. The molecule has 174 valence electrons. The van der Waals surface area contributed by atoms with E-state index in [1.807, 2.05) is 32.0 Å². The lowest BCUT2D eigenvalue weighted by Gasteiger charge is -2.16. The van der Waals surface area contributed by atoms with Gasteiger partial charge in [0.25, 0.3) is 11.6 Å². The Labute approximate surface area is 207 Å². The van der Waals surface area contributed by atoms with Crippen LogP contribution in [0.5, 0.6) is 5.88 Å². The minimum atomic E-state index is -0.607. The van der Waals surface area contributed by atoms with E-state index >= 15 is 0 Å². The molecule has 8 heteroatoms. The Morgan fingerprint density at radius 2 is 1.66 bits per heavy atom. The van der Waals surface area contributed by atoms with Crippen molar-refractivity contribution >= 4 is 40.4 Å². The van der Waals surface area contributed by atoms with Crippen LogP contribution in [0, 0.1) is 20.8 Å². The molecular formula is C27H21ClN4O3. The number of carbonyl (C=O) groups is 2. The first-order valence-electron chi connectivity index (χ1n) is 11.0. The van der Waals surface area contributed by atoms with Crippen molar-refractivity contribution < 1.29 is 19.3 Å². The molecule has 0 N–H and O–H groups in total. The molecule has 0 saturated heterocycles. The molecule has 0 fully saturated rings. The number of halogens is 1. The van der Waals surface area contributed by atoms with Crippen molar-refractivity contribution in [2.75, 3.05) is 4.90 Å². The minimum absolute atomic E-state index is 0.00434. The van der Waals surface area contributed by atoms with Crippen molar-refractivity contribution in [3.63, 3.8) is 0 Å². The summed E-state index contributed by atoms with van der Waals surface area (Å²) in [5.74, 6) is -1.63. The maximum Gasteiger partial charge on any atom is 0.331 e. The number of imide groups is 1. The van der Waals surface area contributed by atoms with E-state index in [0.29, 0.717) is 22.1 Å². The van der Waals surface area contributed by atoms with Crippen LogP contribution < -0.4 is 14.6 Å². The Morgan fingerprint density at radius 1 is 0.914 bits per heavy atom. The molecule has 3 heterocycles. The zero-order valence-electron chi connectivity index (χ0n) is 19.3. The number of carbonyl (C=O) groups excluding carboxylic acids is 2. The summed E-state index contributed by atoms with van der Waals surface area (Å²) in [7, 11) is 0. The fraction of sp³-hybridized carbons (Fsp3) is 0.111. The molecule has 4 aromatic rings. The number of rotatable bonds is 4. The van der Waals surface area contributed by atoms with Gasteiger partial charge in [-0.3, -0.25) is 9.59 Å². The van der Waals surface area contributed by atoms with Crippen molar-refractivity contribution in [3.05, 3.63) is 100 Å². The van der Waals surface area contributed by atoms with Gasteiger partial charge in [0.15, 0.2) is 12.4 Å². The molecule has 35 heavy (non-hydrogen) atoms. The number of hydrogen-bond acceptors (Lipinski definition) is 4. The Hall–Kier alpha value is -4.23. The van der Waals surface area contributed by atoms with Gasteiger partial charge in [-0.1, -0.05) is 41.4 Å². The van der Waals surface area contributed by atoms with Crippen LogP contribution in [0.1, 0.15) is 22.4 Å². The second-order valence-electron chi connectivity index (χ2n) is 8.40. The monoisotopic (exact) mass is 484 g/mol. The van der Waals surface area contributed by atoms with Crippen LogP contribution in [-0.4, -0.2) is 21.6 Å². The third-order valence-electron chi connectivity index (χ3n) is 5.95. The predicted octanol–water partition coefficient (Wildman–Crippen LogP) is 3.75. The Bertz CT molecular complexity index is 1540. The highest BCUT2D eigenvalue weighted by Crippen LogP contribution is 2.39. The van der Waals surface area contributed by atoms with Gasteiger partial charge in [-0.25, -0.2) is 9.58 Å². The highest BCUT2D eigenvalue weighted by atomic mass is 35.5. The summed E-state index contributed by atoms with van der Waals surface area (Å²) < 4.78 is 2.84. The lowest BCUT2D eigenvalue weighted by Crippen LogP contribution is -2.39. The average Bonchev–Trinajstić information content (AvgIpc) is 3.25. The first-order valence-corrected chi connectivity index (χ1v) is 11.4. The fourth-order valence-electron chi connectivity index (χ4n) is 4.38. The van der Waals surface area contributed by atoms with E-state index in [1.54, 1.807) is 60.3 Å². The SMILES string of the molecule is Cc1ccc(-n2nc(C)c(C3=C([n+]4ccccc4)C(=O)N(c4cccc(Cl)c4)C3=O)c2[O-])c(C)c1. The van der Waals surface area contributed by atoms with Gasteiger partial charge >= 0.3 is 5.91 Å². The van der Waals surface area contributed by atoms with E-state index in [4.69, 9.17) is 11.6 Å². The van der Waals surface area contributed by atoms with Crippen LogP contribution in [0.4, 0.5) is 5.69 Å². The van der Waals surface area contributed by atoms with Crippen LogP contribution >= 0.6 is 11.6 Å². The fourth-order valence-corrected chi connectivity index (χ4v) is 4.57. The molecule has 0 spiro atoms. The Balaban J connectivity index is 1.75.